The third-order valence-corrected chi connectivity index (χ3v) is 5.81. The highest BCUT2D eigenvalue weighted by Gasteiger charge is 2.26. The number of furan rings is 1. The lowest BCUT2D eigenvalue weighted by Gasteiger charge is -2.24. The molecule has 0 spiro atoms. The van der Waals surface area contributed by atoms with Crippen LogP contribution in [0.4, 0.5) is 11.4 Å². The van der Waals surface area contributed by atoms with Crippen molar-refractivity contribution in [1.82, 2.24) is 0 Å². The van der Waals surface area contributed by atoms with Gasteiger partial charge in [0.25, 0.3) is 0 Å². The molecule has 3 aromatic carbocycles. The lowest BCUT2D eigenvalue weighted by atomic mass is 9.89. The number of nitrogens with one attached hydrogen (secondary N) is 2. The Morgan fingerprint density at radius 2 is 1.90 bits per heavy atom. The number of para-hydroxylation sites is 2. The predicted molar refractivity (Wildman–Crippen MR) is 120 cm³/mol. The Kier molecular flexibility index (Phi) is 4.82. The summed E-state index contributed by atoms with van der Waals surface area (Å²) in [5.74, 6) is 0.144. The number of rotatable bonds is 5. The zero-order chi connectivity index (χ0) is 21.4. The van der Waals surface area contributed by atoms with Crippen molar-refractivity contribution in [2.75, 3.05) is 17.7 Å². The van der Waals surface area contributed by atoms with E-state index < -0.39 is 0 Å². The molecule has 1 aromatic heterocycles. The fraction of sp³-hybridized carbons (Fsp3) is 0.200. The van der Waals surface area contributed by atoms with Gasteiger partial charge in [0.15, 0.2) is 0 Å². The Balaban J connectivity index is 1.31. The summed E-state index contributed by atoms with van der Waals surface area (Å²) in [7, 11) is 1.57. The third kappa shape index (κ3) is 3.61. The molecule has 1 atom stereocenters. The number of hydrogen-bond donors (Lipinski definition) is 2. The van der Waals surface area contributed by atoms with Crippen LogP contribution in [0, 0.1) is 5.92 Å². The van der Waals surface area contributed by atoms with E-state index in [0.29, 0.717) is 29.9 Å². The maximum absolute atomic E-state index is 12.7. The summed E-state index contributed by atoms with van der Waals surface area (Å²) in [5, 5.41) is 7.78. The highest BCUT2D eigenvalue weighted by molar-refractivity contribution is 6.07. The molecule has 0 saturated carbocycles. The minimum absolute atomic E-state index is 0.0345. The van der Waals surface area contributed by atoms with Crippen molar-refractivity contribution in [3.63, 3.8) is 0 Å². The second-order valence-corrected chi connectivity index (χ2v) is 7.78. The highest BCUT2D eigenvalue weighted by atomic mass is 16.5. The Morgan fingerprint density at radius 1 is 1.10 bits per heavy atom. The molecule has 6 nitrogen and oxygen atoms in total. The molecule has 1 unspecified atom stereocenters. The summed E-state index contributed by atoms with van der Waals surface area (Å²) < 4.78 is 11.4. The first-order chi connectivity index (χ1) is 15.1. The molecule has 2 amide bonds. The van der Waals surface area contributed by atoms with E-state index in [1.165, 1.54) is 0 Å². The van der Waals surface area contributed by atoms with Crippen LogP contribution in [0.25, 0.3) is 21.9 Å². The normalized spacial score (nSPS) is 15.5. The SMILES string of the molecule is COc1cc2c(cc1NC(=O)CCC1Cc3ccccc3NC1=O)oc1ccccc12. The van der Waals surface area contributed by atoms with Gasteiger partial charge in [0, 0.05) is 34.9 Å². The Morgan fingerprint density at radius 3 is 2.77 bits per heavy atom. The summed E-state index contributed by atoms with van der Waals surface area (Å²) >= 11 is 0. The van der Waals surface area contributed by atoms with Gasteiger partial charge in [-0.15, -0.1) is 0 Å². The van der Waals surface area contributed by atoms with Crippen molar-refractivity contribution >= 4 is 45.1 Å². The first kappa shape index (κ1) is 19.2. The largest absolute Gasteiger partial charge is 0.495 e. The maximum Gasteiger partial charge on any atom is 0.227 e. The number of ether oxygens (including phenoxy) is 1. The van der Waals surface area contributed by atoms with Gasteiger partial charge in [-0.25, -0.2) is 0 Å². The van der Waals surface area contributed by atoms with E-state index in [1.807, 2.05) is 54.6 Å². The molecule has 31 heavy (non-hydrogen) atoms. The fourth-order valence-electron chi connectivity index (χ4n) is 4.18. The molecule has 0 aliphatic carbocycles. The summed E-state index contributed by atoms with van der Waals surface area (Å²) in [6, 6.07) is 19.2. The Labute approximate surface area is 179 Å². The van der Waals surface area contributed by atoms with Gasteiger partial charge in [-0.3, -0.25) is 9.59 Å². The molecular weight excluding hydrogens is 392 g/mol. The number of hydrogen-bond acceptors (Lipinski definition) is 4. The van der Waals surface area contributed by atoms with Gasteiger partial charge in [0.1, 0.15) is 16.9 Å². The number of anilines is 2. The van der Waals surface area contributed by atoms with Crippen LogP contribution in [0.1, 0.15) is 18.4 Å². The van der Waals surface area contributed by atoms with Crippen molar-refractivity contribution in [3.8, 4) is 5.75 Å². The van der Waals surface area contributed by atoms with E-state index in [9.17, 15) is 9.59 Å². The molecule has 2 heterocycles. The van der Waals surface area contributed by atoms with E-state index in [1.54, 1.807) is 13.2 Å². The number of amides is 2. The standard InChI is InChI=1S/C25H22N2O4/c1-30-23-13-18-17-7-3-5-9-21(17)31-22(18)14-20(23)26-24(28)11-10-16-12-15-6-2-4-8-19(15)27-25(16)29/h2-9,13-14,16H,10-12H2,1H3,(H,26,28)(H,27,29). The Bertz CT molecular complexity index is 1310. The number of carbonyl (C=O) groups is 2. The number of methoxy groups -OCH3 is 1. The molecule has 5 rings (SSSR count). The van der Waals surface area contributed by atoms with Gasteiger partial charge in [0.05, 0.1) is 12.8 Å². The molecular formula is C25H22N2O4. The van der Waals surface area contributed by atoms with Gasteiger partial charge < -0.3 is 19.8 Å². The molecule has 6 heteroatoms. The lowest BCUT2D eigenvalue weighted by Crippen LogP contribution is -2.30. The average Bonchev–Trinajstić information content (AvgIpc) is 3.14. The lowest BCUT2D eigenvalue weighted by molar-refractivity contribution is -0.121. The van der Waals surface area contributed by atoms with Gasteiger partial charge in [-0.2, -0.15) is 0 Å². The second-order valence-electron chi connectivity index (χ2n) is 7.78. The van der Waals surface area contributed by atoms with Crippen LogP contribution in [-0.2, 0) is 16.0 Å². The smallest absolute Gasteiger partial charge is 0.227 e. The molecule has 0 fully saturated rings. The summed E-state index contributed by atoms with van der Waals surface area (Å²) in [6.45, 7) is 0. The fourth-order valence-corrected chi connectivity index (χ4v) is 4.18. The number of fused-ring (bicyclic) bond motifs is 4. The van der Waals surface area contributed by atoms with E-state index in [-0.39, 0.29) is 24.2 Å². The van der Waals surface area contributed by atoms with E-state index in [4.69, 9.17) is 9.15 Å². The van der Waals surface area contributed by atoms with Crippen molar-refractivity contribution in [3.05, 3.63) is 66.2 Å². The molecule has 156 valence electrons. The van der Waals surface area contributed by atoms with E-state index >= 15 is 0 Å². The molecule has 1 aliphatic heterocycles. The van der Waals surface area contributed by atoms with Crippen LogP contribution in [-0.4, -0.2) is 18.9 Å². The Hall–Kier alpha value is -3.80. The van der Waals surface area contributed by atoms with E-state index in [0.717, 1.165) is 27.6 Å². The average molecular weight is 414 g/mol. The van der Waals surface area contributed by atoms with Gasteiger partial charge in [0.2, 0.25) is 11.8 Å². The minimum Gasteiger partial charge on any atom is -0.495 e. The van der Waals surface area contributed by atoms with Crippen molar-refractivity contribution in [2.24, 2.45) is 5.92 Å². The van der Waals surface area contributed by atoms with Crippen LogP contribution in [0.2, 0.25) is 0 Å². The van der Waals surface area contributed by atoms with Gasteiger partial charge >= 0.3 is 0 Å². The number of carbonyl (C=O) groups excluding carboxylic acids is 2. The molecule has 2 N–H and O–H groups in total. The highest BCUT2D eigenvalue weighted by Crippen LogP contribution is 2.36. The third-order valence-electron chi connectivity index (χ3n) is 5.81. The maximum atomic E-state index is 12.7. The molecule has 0 bridgehead atoms. The van der Waals surface area contributed by atoms with Crippen LogP contribution in [0.3, 0.4) is 0 Å². The van der Waals surface area contributed by atoms with Gasteiger partial charge in [-0.1, -0.05) is 36.4 Å². The molecule has 0 radical (unpaired) electrons. The van der Waals surface area contributed by atoms with Crippen LogP contribution in [0.15, 0.2) is 65.1 Å². The van der Waals surface area contributed by atoms with Gasteiger partial charge in [-0.05, 0) is 36.6 Å². The predicted octanol–water partition coefficient (Wildman–Crippen LogP) is 5.12. The van der Waals surface area contributed by atoms with Crippen LogP contribution in [0.5, 0.6) is 5.75 Å². The van der Waals surface area contributed by atoms with E-state index in [2.05, 4.69) is 10.6 Å². The van der Waals surface area contributed by atoms with Crippen molar-refractivity contribution < 1.29 is 18.7 Å². The molecule has 1 aliphatic rings. The van der Waals surface area contributed by atoms with Crippen LogP contribution < -0.4 is 15.4 Å². The first-order valence-corrected chi connectivity index (χ1v) is 10.3. The van der Waals surface area contributed by atoms with Crippen LogP contribution >= 0.6 is 0 Å². The minimum atomic E-state index is -0.222. The second kappa shape index (κ2) is 7.80. The summed E-state index contributed by atoms with van der Waals surface area (Å²) in [4.78, 5) is 25.0. The number of benzene rings is 3. The topological polar surface area (TPSA) is 80.6 Å². The first-order valence-electron chi connectivity index (χ1n) is 10.3. The summed E-state index contributed by atoms with van der Waals surface area (Å²) in [5.41, 5.74) is 3.98. The monoisotopic (exact) mass is 414 g/mol. The molecule has 0 saturated heterocycles. The molecule has 4 aromatic rings. The zero-order valence-corrected chi connectivity index (χ0v) is 17.1. The zero-order valence-electron chi connectivity index (χ0n) is 17.1. The summed E-state index contributed by atoms with van der Waals surface area (Å²) in [6.07, 6.45) is 1.35. The van der Waals surface area contributed by atoms with Crippen molar-refractivity contribution in [1.29, 1.82) is 0 Å². The quantitative estimate of drug-likeness (QED) is 0.475. The van der Waals surface area contributed by atoms with Crippen molar-refractivity contribution in [2.45, 2.75) is 19.3 Å².